The predicted octanol–water partition coefficient (Wildman–Crippen LogP) is 3.09. The topological polar surface area (TPSA) is 127 Å². The first-order valence-corrected chi connectivity index (χ1v) is 11.4. The highest BCUT2D eigenvalue weighted by Gasteiger charge is 2.20. The maximum Gasteiger partial charge on any atom is 0.271 e. The van der Waals surface area contributed by atoms with E-state index in [9.17, 15) is 23.3 Å². The average molecular weight is 460 g/mol. The number of carbonyl (C=O) groups excluding carboxylic acids is 1. The summed E-state index contributed by atoms with van der Waals surface area (Å²) >= 11 is 0. The molecule has 0 atom stereocenters. The molecule has 0 saturated heterocycles. The van der Waals surface area contributed by atoms with Gasteiger partial charge in [0, 0.05) is 45.6 Å². The van der Waals surface area contributed by atoms with Crippen LogP contribution in [0.15, 0.2) is 41.3 Å². The van der Waals surface area contributed by atoms with Gasteiger partial charge in [0.1, 0.15) is 5.82 Å². The lowest BCUT2D eigenvalue weighted by Crippen LogP contribution is -2.22. The zero-order chi connectivity index (χ0) is 23.6. The van der Waals surface area contributed by atoms with E-state index in [1.54, 1.807) is 25.1 Å². The number of fused-ring (bicyclic) bond motifs is 1. The van der Waals surface area contributed by atoms with E-state index in [0.29, 0.717) is 30.0 Å². The number of aryl methyl sites for hydroxylation is 3. The number of anilines is 1. The summed E-state index contributed by atoms with van der Waals surface area (Å²) in [5.41, 5.74) is 2.35. The molecule has 32 heavy (non-hydrogen) atoms. The molecule has 10 nitrogen and oxygen atoms in total. The number of imidazole rings is 1. The van der Waals surface area contributed by atoms with E-state index in [0.717, 1.165) is 15.4 Å². The van der Waals surface area contributed by atoms with Crippen molar-refractivity contribution in [1.82, 2.24) is 13.9 Å². The molecule has 0 unspecified atom stereocenters. The third-order valence-corrected chi connectivity index (χ3v) is 6.99. The van der Waals surface area contributed by atoms with Crippen LogP contribution in [0.3, 0.4) is 0 Å². The summed E-state index contributed by atoms with van der Waals surface area (Å²) in [5.74, 6) is 0.368. The van der Waals surface area contributed by atoms with Crippen molar-refractivity contribution in [2.75, 3.05) is 19.4 Å². The van der Waals surface area contributed by atoms with Gasteiger partial charge in [-0.15, -0.1) is 0 Å². The van der Waals surface area contributed by atoms with E-state index in [-0.39, 0.29) is 22.9 Å². The van der Waals surface area contributed by atoms with Gasteiger partial charge in [-0.25, -0.2) is 17.7 Å². The number of rotatable bonds is 8. The van der Waals surface area contributed by atoms with Crippen molar-refractivity contribution >= 4 is 38.3 Å². The molecule has 3 rings (SSSR count). The van der Waals surface area contributed by atoms with Crippen LogP contribution in [-0.2, 0) is 27.8 Å². The number of hydrogen-bond acceptors (Lipinski definition) is 6. The fraction of sp³-hybridized carbons (Fsp3) is 0.333. The van der Waals surface area contributed by atoms with Crippen molar-refractivity contribution in [1.29, 1.82) is 0 Å². The smallest absolute Gasteiger partial charge is 0.271 e. The van der Waals surface area contributed by atoms with Crippen LogP contribution in [-0.4, -0.2) is 47.2 Å². The zero-order valence-corrected chi connectivity index (χ0v) is 19.1. The van der Waals surface area contributed by atoms with Gasteiger partial charge in [0.15, 0.2) is 0 Å². The maximum absolute atomic E-state index is 12.5. The number of nitrogens with one attached hydrogen (secondary N) is 1. The molecule has 1 amide bonds. The summed E-state index contributed by atoms with van der Waals surface area (Å²) in [4.78, 5) is 27.7. The first-order valence-electron chi connectivity index (χ1n) is 10.0. The molecular formula is C21H25N5O5S. The molecule has 0 saturated carbocycles. The van der Waals surface area contributed by atoms with Gasteiger partial charge >= 0.3 is 0 Å². The molecule has 0 spiro atoms. The fourth-order valence-corrected chi connectivity index (χ4v) is 4.29. The van der Waals surface area contributed by atoms with Crippen LogP contribution in [0.25, 0.3) is 11.0 Å². The minimum atomic E-state index is -3.58. The Morgan fingerprint density at radius 2 is 1.94 bits per heavy atom. The van der Waals surface area contributed by atoms with Gasteiger partial charge < -0.3 is 9.88 Å². The van der Waals surface area contributed by atoms with Crippen LogP contribution >= 0.6 is 0 Å². The second-order valence-electron chi connectivity index (χ2n) is 7.51. The normalized spacial score (nSPS) is 11.8. The summed E-state index contributed by atoms with van der Waals surface area (Å²) < 4.78 is 27.9. The molecule has 11 heteroatoms. The van der Waals surface area contributed by atoms with Crippen molar-refractivity contribution in [3.05, 3.63) is 57.9 Å². The first-order chi connectivity index (χ1) is 15.0. The number of nitrogens with zero attached hydrogens (tertiary/aromatic N) is 4. The Labute approximate surface area is 186 Å². The summed E-state index contributed by atoms with van der Waals surface area (Å²) in [7, 11) is -0.642. The van der Waals surface area contributed by atoms with Crippen LogP contribution in [0.5, 0.6) is 0 Å². The third kappa shape index (κ3) is 4.63. The van der Waals surface area contributed by atoms with Crippen molar-refractivity contribution in [2.45, 2.75) is 38.1 Å². The summed E-state index contributed by atoms with van der Waals surface area (Å²) in [6, 6.07) is 9.11. The molecule has 3 aromatic rings. The van der Waals surface area contributed by atoms with Crippen LogP contribution in [0.1, 0.15) is 24.7 Å². The molecular weight excluding hydrogens is 434 g/mol. The van der Waals surface area contributed by atoms with Gasteiger partial charge in [0.25, 0.3) is 5.69 Å². The average Bonchev–Trinajstić information content (AvgIpc) is 3.10. The van der Waals surface area contributed by atoms with Crippen LogP contribution < -0.4 is 5.32 Å². The molecule has 2 aromatic carbocycles. The van der Waals surface area contributed by atoms with E-state index in [1.165, 1.54) is 32.3 Å². The molecule has 1 heterocycles. The number of amides is 1. The predicted molar refractivity (Wildman–Crippen MR) is 121 cm³/mol. The minimum absolute atomic E-state index is 0.0952. The second kappa shape index (κ2) is 9.05. The first kappa shape index (κ1) is 23.4. The largest absolute Gasteiger partial charge is 0.328 e. The molecule has 0 fully saturated rings. The zero-order valence-electron chi connectivity index (χ0n) is 18.3. The lowest BCUT2D eigenvalue weighted by molar-refractivity contribution is -0.384. The summed E-state index contributed by atoms with van der Waals surface area (Å²) in [6.07, 6.45) is 0.451. The van der Waals surface area contributed by atoms with Crippen LogP contribution in [0.2, 0.25) is 0 Å². The number of nitro benzene ring substituents is 1. The molecule has 0 aliphatic rings. The highest BCUT2D eigenvalue weighted by Crippen LogP contribution is 2.24. The Kier molecular flexibility index (Phi) is 6.60. The van der Waals surface area contributed by atoms with E-state index >= 15 is 0 Å². The van der Waals surface area contributed by atoms with Gasteiger partial charge in [-0.2, -0.15) is 0 Å². The van der Waals surface area contributed by atoms with Crippen molar-refractivity contribution in [3.8, 4) is 0 Å². The van der Waals surface area contributed by atoms with Gasteiger partial charge in [-0.1, -0.05) is 6.07 Å². The Bertz CT molecular complexity index is 1300. The van der Waals surface area contributed by atoms with Crippen molar-refractivity contribution in [3.63, 3.8) is 0 Å². The van der Waals surface area contributed by atoms with Gasteiger partial charge in [0.05, 0.1) is 26.5 Å². The molecule has 0 radical (unpaired) electrons. The van der Waals surface area contributed by atoms with Gasteiger partial charge in [-0.05, 0) is 37.6 Å². The molecule has 0 aliphatic carbocycles. The highest BCUT2D eigenvalue weighted by molar-refractivity contribution is 7.89. The number of hydrogen-bond donors (Lipinski definition) is 1. The standard InChI is InChI=1S/C21H25N5O5S/c1-5-25-19-9-8-16(32(30,31)24(3)4)13-18(19)22-20(25)10-11-21(27)23-17-12-15(26(28)29)7-6-14(17)2/h6-9,12-13H,5,10-11H2,1-4H3,(H,23,27). The molecule has 0 bridgehead atoms. The summed E-state index contributed by atoms with van der Waals surface area (Å²) in [6.45, 7) is 4.31. The SMILES string of the molecule is CCn1c(CCC(=O)Nc2cc([N+](=O)[O-])ccc2C)nc2cc(S(=O)(=O)N(C)C)ccc21. The highest BCUT2D eigenvalue weighted by atomic mass is 32.2. The van der Waals surface area contributed by atoms with Crippen LogP contribution in [0.4, 0.5) is 11.4 Å². The number of carbonyl (C=O) groups is 1. The Morgan fingerprint density at radius 1 is 1.22 bits per heavy atom. The number of benzene rings is 2. The molecule has 170 valence electrons. The molecule has 0 aliphatic heterocycles. The Morgan fingerprint density at radius 3 is 2.56 bits per heavy atom. The number of sulfonamides is 1. The van der Waals surface area contributed by atoms with Crippen molar-refractivity contribution in [2.24, 2.45) is 0 Å². The number of non-ortho nitro benzene ring substituents is 1. The second-order valence-corrected chi connectivity index (χ2v) is 9.67. The lowest BCUT2D eigenvalue weighted by atomic mass is 10.1. The van der Waals surface area contributed by atoms with E-state index in [2.05, 4.69) is 10.3 Å². The monoisotopic (exact) mass is 459 g/mol. The lowest BCUT2D eigenvalue weighted by Gasteiger charge is -2.11. The number of aromatic nitrogens is 2. The quantitative estimate of drug-likeness (QED) is 0.407. The van der Waals surface area contributed by atoms with Crippen LogP contribution in [0, 0.1) is 17.0 Å². The molecule has 1 aromatic heterocycles. The summed E-state index contributed by atoms with van der Waals surface area (Å²) in [5, 5.41) is 13.7. The Balaban J connectivity index is 1.81. The fourth-order valence-electron chi connectivity index (χ4n) is 3.37. The van der Waals surface area contributed by atoms with E-state index in [4.69, 9.17) is 0 Å². The van der Waals surface area contributed by atoms with Gasteiger partial charge in [0.2, 0.25) is 15.9 Å². The van der Waals surface area contributed by atoms with Gasteiger partial charge in [-0.3, -0.25) is 14.9 Å². The maximum atomic E-state index is 12.5. The number of nitro groups is 1. The Hall–Kier alpha value is -3.31. The van der Waals surface area contributed by atoms with E-state index < -0.39 is 14.9 Å². The molecule has 1 N–H and O–H groups in total. The minimum Gasteiger partial charge on any atom is -0.328 e. The van der Waals surface area contributed by atoms with Crippen molar-refractivity contribution < 1.29 is 18.1 Å². The van der Waals surface area contributed by atoms with E-state index in [1.807, 2.05) is 11.5 Å². The third-order valence-electron chi connectivity index (χ3n) is 5.18.